The zero-order chi connectivity index (χ0) is 12.1. The Morgan fingerprint density at radius 3 is 3.12 bits per heavy atom. The van der Waals surface area contributed by atoms with Crippen LogP contribution in [0.25, 0.3) is 11.3 Å². The Morgan fingerprint density at radius 2 is 2.35 bits per heavy atom. The van der Waals surface area contributed by atoms with Gasteiger partial charge in [-0.05, 0) is 12.1 Å². The van der Waals surface area contributed by atoms with Gasteiger partial charge in [0.1, 0.15) is 11.4 Å². The number of hydrogen-bond acceptors (Lipinski definition) is 5. The second-order valence-electron chi connectivity index (χ2n) is 3.52. The molecule has 5 nitrogen and oxygen atoms in total. The number of ether oxygens (including phenoxy) is 1. The number of hydrogen-bond donors (Lipinski definition) is 2. The fourth-order valence-electron chi connectivity index (χ4n) is 1.54. The molecule has 0 atom stereocenters. The first-order valence-electron chi connectivity index (χ1n) is 5.38. The van der Waals surface area contributed by atoms with E-state index in [2.05, 4.69) is 10.5 Å². The van der Waals surface area contributed by atoms with Crippen LogP contribution >= 0.6 is 0 Å². The molecule has 1 heterocycles. The normalized spacial score (nSPS) is 10.2. The summed E-state index contributed by atoms with van der Waals surface area (Å²) in [5, 5.41) is 6.94. The summed E-state index contributed by atoms with van der Waals surface area (Å²) in [6.45, 7) is 1.24. The molecule has 0 aliphatic carbocycles. The van der Waals surface area contributed by atoms with Crippen LogP contribution in [0.2, 0.25) is 0 Å². The molecule has 0 fully saturated rings. The predicted molar refractivity (Wildman–Crippen MR) is 66.0 cm³/mol. The predicted octanol–water partition coefficient (Wildman–Crippen LogP) is 1.72. The van der Waals surface area contributed by atoms with E-state index in [4.69, 9.17) is 15.0 Å². The Balaban J connectivity index is 2.28. The molecule has 0 spiro atoms. The average Bonchev–Trinajstić information content (AvgIpc) is 2.84. The molecule has 17 heavy (non-hydrogen) atoms. The Kier molecular flexibility index (Phi) is 3.62. The van der Waals surface area contributed by atoms with Gasteiger partial charge in [-0.1, -0.05) is 17.3 Å². The third kappa shape index (κ3) is 2.57. The SMILES string of the molecule is COc1cccc(-c2oncc2NCCN)c1. The molecule has 0 saturated carbocycles. The molecule has 0 unspecified atom stereocenters. The Hall–Kier alpha value is -2.01. The van der Waals surface area contributed by atoms with Gasteiger partial charge in [0, 0.05) is 18.7 Å². The molecule has 90 valence electrons. The fraction of sp³-hybridized carbons (Fsp3) is 0.250. The lowest BCUT2D eigenvalue weighted by Crippen LogP contribution is -2.13. The maximum absolute atomic E-state index is 5.45. The van der Waals surface area contributed by atoms with Crippen LogP contribution in [0.1, 0.15) is 0 Å². The Morgan fingerprint density at radius 1 is 1.47 bits per heavy atom. The average molecular weight is 233 g/mol. The van der Waals surface area contributed by atoms with Crippen LogP contribution in [0.3, 0.4) is 0 Å². The number of anilines is 1. The van der Waals surface area contributed by atoms with Gasteiger partial charge >= 0.3 is 0 Å². The van der Waals surface area contributed by atoms with Crippen LogP contribution in [0.5, 0.6) is 5.75 Å². The minimum Gasteiger partial charge on any atom is -0.497 e. The van der Waals surface area contributed by atoms with Crippen molar-refractivity contribution in [2.45, 2.75) is 0 Å². The van der Waals surface area contributed by atoms with Crippen LogP contribution in [-0.4, -0.2) is 25.4 Å². The minimum absolute atomic E-state index is 0.558. The summed E-state index contributed by atoms with van der Waals surface area (Å²) in [7, 11) is 1.63. The first-order valence-corrected chi connectivity index (χ1v) is 5.38. The van der Waals surface area contributed by atoms with Crippen molar-refractivity contribution in [2.24, 2.45) is 5.73 Å². The number of rotatable bonds is 5. The summed E-state index contributed by atoms with van der Waals surface area (Å²) >= 11 is 0. The highest BCUT2D eigenvalue weighted by Gasteiger charge is 2.10. The number of nitrogens with two attached hydrogens (primary N) is 1. The second kappa shape index (κ2) is 5.36. The highest BCUT2D eigenvalue weighted by molar-refractivity contribution is 5.72. The van der Waals surface area contributed by atoms with Crippen molar-refractivity contribution in [3.63, 3.8) is 0 Å². The van der Waals surface area contributed by atoms with Crippen molar-refractivity contribution in [3.8, 4) is 17.1 Å². The van der Waals surface area contributed by atoms with Crippen LogP contribution in [0.4, 0.5) is 5.69 Å². The molecule has 0 aliphatic rings. The van der Waals surface area contributed by atoms with Crippen molar-refractivity contribution in [1.29, 1.82) is 0 Å². The highest BCUT2D eigenvalue weighted by atomic mass is 16.5. The second-order valence-corrected chi connectivity index (χ2v) is 3.52. The molecule has 2 rings (SSSR count). The first-order chi connectivity index (χ1) is 8.35. The van der Waals surface area contributed by atoms with Gasteiger partial charge in [-0.25, -0.2) is 0 Å². The van der Waals surface area contributed by atoms with E-state index in [1.54, 1.807) is 13.3 Å². The summed E-state index contributed by atoms with van der Waals surface area (Å²) in [5.74, 6) is 1.47. The molecule has 2 aromatic rings. The van der Waals surface area contributed by atoms with Crippen molar-refractivity contribution < 1.29 is 9.26 Å². The van der Waals surface area contributed by atoms with Crippen LogP contribution in [0, 0.1) is 0 Å². The maximum atomic E-state index is 5.45. The van der Waals surface area contributed by atoms with E-state index in [-0.39, 0.29) is 0 Å². The number of benzene rings is 1. The molecule has 1 aromatic heterocycles. The third-order valence-electron chi connectivity index (χ3n) is 2.36. The first kappa shape index (κ1) is 11.5. The molecule has 0 amide bonds. The summed E-state index contributed by atoms with van der Waals surface area (Å²) < 4.78 is 10.4. The highest BCUT2D eigenvalue weighted by Crippen LogP contribution is 2.29. The summed E-state index contributed by atoms with van der Waals surface area (Å²) in [6, 6.07) is 7.63. The van der Waals surface area contributed by atoms with E-state index < -0.39 is 0 Å². The van der Waals surface area contributed by atoms with E-state index in [0.717, 1.165) is 17.0 Å². The van der Waals surface area contributed by atoms with E-state index in [9.17, 15) is 0 Å². The van der Waals surface area contributed by atoms with E-state index in [1.807, 2.05) is 24.3 Å². The van der Waals surface area contributed by atoms with Gasteiger partial charge in [0.2, 0.25) is 0 Å². The summed E-state index contributed by atoms with van der Waals surface area (Å²) in [6.07, 6.45) is 1.64. The van der Waals surface area contributed by atoms with Gasteiger partial charge in [0.15, 0.2) is 5.76 Å². The Bertz CT molecular complexity index is 482. The molecule has 1 aromatic carbocycles. The van der Waals surface area contributed by atoms with Gasteiger partial charge in [-0.2, -0.15) is 0 Å². The van der Waals surface area contributed by atoms with Crippen molar-refractivity contribution >= 4 is 5.69 Å². The van der Waals surface area contributed by atoms with Gasteiger partial charge in [0.05, 0.1) is 13.3 Å². The number of aromatic nitrogens is 1. The smallest absolute Gasteiger partial charge is 0.190 e. The lowest BCUT2D eigenvalue weighted by molar-refractivity contribution is 0.413. The van der Waals surface area contributed by atoms with Gasteiger partial charge in [-0.3, -0.25) is 0 Å². The molecule has 0 aliphatic heterocycles. The molecule has 3 N–H and O–H groups in total. The fourth-order valence-corrected chi connectivity index (χ4v) is 1.54. The lowest BCUT2D eigenvalue weighted by Gasteiger charge is -2.05. The topological polar surface area (TPSA) is 73.3 Å². The summed E-state index contributed by atoms with van der Waals surface area (Å²) in [5.41, 5.74) is 7.20. The van der Waals surface area contributed by atoms with Gasteiger partial charge < -0.3 is 20.3 Å². The quantitative estimate of drug-likeness (QED) is 0.822. The number of methoxy groups -OCH3 is 1. The third-order valence-corrected chi connectivity index (χ3v) is 2.36. The van der Waals surface area contributed by atoms with Gasteiger partial charge in [-0.15, -0.1) is 0 Å². The largest absolute Gasteiger partial charge is 0.497 e. The molecule has 0 saturated heterocycles. The van der Waals surface area contributed by atoms with Gasteiger partial charge in [0.25, 0.3) is 0 Å². The van der Waals surface area contributed by atoms with E-state index in [1.165, 1.54) is 0 Å². The standard InChI is InChI=1S/C12H15N3O2/c1-16-10-4-2-3-9(7-10)12-11(8-15-17-12)14-6-5-13/h2-4,7-8,14H,5-6,13H2,1H3. The zero-order valence-electron chi connectivity index (χ0n) is 9.64. The Labute approximate surface area is 99.6 Å². The molecular formula is C12H15N3O2. The molecule has 0 bridgehead atoms. The van der Waals surface area contributed by atoms with Crippen LogP contribution in [0.15, 0.2) is 35.0 Å². The van der Waals surface area contributed by atoms with Crippen molar-refractivity contribution in [2.75, 3.05) is 25.5 Å². The zero-order valence-corrected chi connectivity index (χ0v) is 9.64. The van der Waals surface area contributed by atoms with E-state index in [0.29, 0.717) is 18.8 Å². The molecule has 5 heteroatoms. The lowest BCUT2D eigenvalue weighted by atomic mass is 10.1. The van der Waals surface area contributed by atoms with E-state index >= 15 is 0 Å². The maximum Gasteiger partial charge on any atom is 0.190 e. The summed E-state index contributed by atoms with van der Waals surface area (Å²) in [4.78, 5) is 0. The van der Waals surface area contributed by atoms with Crippen LogP contribution in [-0.2, 0) is 0 Å². The van der Waals surface area contributed by atoms with Crippen molar-refractivity contribution in [1.82, 2.24) is 5.16 Å². The number of nitrogens with one attached hydrogen (secondary N) is 1. The number of nitrogens with zero attached hydrogens (tertiary/aromatic N) is 1. The molecule has 0 radical (unpaired) electrons. The molecular weight excluding hydrogens is 218 g/mol. The monoisotopic (exact) mass is 233 g/mol. The van der Waals surface area contributed by atoms with Crippen LogP contribution < -0.4 is 15.8 Å². The van der Waals surface area contributed by atoms with Crippen molar-refractivity contribution in [3.05, 3.63) is 30.5 Å². The minimum atomic E-state index is 0.558.